The van der Waals surface area contributed by atoms with Crippen molar-refractivity contribution in [1.29, 1.82) is 0 Å². The molecule has 0 saturated carbocycles. The van der Waals surface area contributed by atoms with Gasteiger partial charge in [0, 0.05) is 65.8 Å². The average Bonchev–Trinajstić information content (AvgIpc) is 4.10. The Bertz CT molecular complexity index is 1790. The van der Waals surface area contributed by atoms with E-state index in [9.17, 15) is 0 Å². The van der Waals surface area contributed by atoms with Gasteiger partial charge in [0.05, 0.1) is 17.1 Å². The van der Waals surface area contributed by atoms with Crippen LogP contribution in [0.2, 0.25) is 0 Å². The van der Waals surface area contributed by atoms with Crippen molar-refractivity contribution in [2.45, 2.75) is 345 Å². The highest BCUT2D eigenvalue weighted by atomic mass is 15.0. The van der Waals surface area contributed by atoms with Gasteiger partial charge in [-0.2, -0.15) is 0 Å². The van der Waals surface area contributed by atoms with Crippen LogP contribution in [0.15, 0.2) is 0 Å². The molecule has 0 aromatic carbocycles. The summed E-state index contributed by atoms with van der Waals surface area (Å²) in [4.78, 5) is 26.9. The Hall–Kier alpha value is -2.37. The largest absolute Gasteiger partial charge is 0.345 e. The van der Waals surface area contributed by atoms with Crippen molar-refractivity contribution in [3.63, 3.8) is 0 Å². The summed E-state index contributed by atoms with van der Waals surface area (Å²) < 4.78 is 0. The van der Waals surface area contributed by atoms with Gasteiger partial charge in [-0.05, 0) is 77.0 Å². The van der Waals surface area contributed by atoms with E-state index in [1.807, 2.05) is 0 Å². The van der Waals surface area contributed by atoms with Crippen LogP contribution in [-0.2, 0) is 48.7 Å². The van der Waals surface area contributed by atoms with E-state index in [2.05, 4.69) is 202 Å². The molecule has 3 rings (SSSR count). The zero-order valence-corrected chi connectivity index (χ0v) is 50.9. The van der Waals surface area contributed by atoms with Gasteiger partial charge in [-0.25, -0.2) is 15.0 Å². The lowest BCUT2D eigenvalue weighted by Gasteiger charge is -2.30. The van der Waals surface area contributed by atoms with Gasteiger partial charge in [0.15, 0.2) is 0 Å². The van der Waals surface area contributed by atoms with Gasteiger partial charge in [-0.3, -0.25) is 0 Å². The number of nitrogens with zero attached hydrogens (tertiary/aromatic N) is 3. The summed E-state index contributed by atoms with van der Waals surface area (Å²) in [6, 6.07) is 0. The number of aromatic nitrogens is 6. The Morgan fingerprint density at radius 1 is 0.294 bits per heavy atom. The third-order valence-electron chi connectivity index (χ3n) is 18.1. The topological polar surface area (TPSA) is 86.0 Å². The molecule has 0 bridgehead atoms. The lowest BCUT2D eigenvalue weighted by Crippen LogP contribution is -2.26. The molecule has 0 aliphatic heterocycles. The fraction of sp³-hybridized carbons (Fsp3) is 0.855. The quantitative estimate of drug-likeness (QED) is 0.0782. The number of hydrogen-bond acceptors (Lipinski definition) is 3. The molecule has 3 N–H and O–H groups in total. The summed E-state index contributed by atoms with van der Waals surface area (Å²) in [6.45, 7) is 62.4. The smallest absolute Gasteiger partial charge is 0.112 e. The standard InChI is InChI=1S/C24H46N2.2C19H36N2/c1-10-14-16-18-23(7,8)20-19(22(5,6)17-15-11-2)25-21(26-20)24(9,12-3)13-4;2*1-10-18(8,11-2)15-14(17(5,6)7)20-16(21-15)19(9,12-3)13-4/h10-18H2,1-9H3,(H,25,26);2*10-13H2,1-9H3,(H,20,21). The van der Waals surface area contributed by atoms with Crippen LogP contribution in [-0.4, -0.2) is 29.9 Å². The minimum Gasteiger partial charge on any atom is -0.345 e. The molecule has 0 amide bonds. The molecule has 6 heteroatoms. The molecule has 68 heavy (non-hydrogen) atoms. The second-order valence-electron chi connectivity index (χ2n) is 26.1. The molecule has 0 radical (unpaired) electrons. The van der Waals surface area contributed by atoms with Gasteiger partial charge in [-0.1, -0.05) is 219 Å². The van der Waals surface area contributed by atoms with Crippen molar-refractivity contribution in [2.75, 3.05) is 0 Å². The number of aromatic amines is 3. The first-order chi connectivity index (χ1) is 31.2. The Morgan fingerprint density at radius 2 is 0.559 bits per heavy atom. The van der Waals surface area contributed by atoms with Gasteiger partial charge >= 0.3 is 0 Å². The zero-order chi connectivity index (χ0) is 53.0. The zero-order valence-electron chi connectivity index (χ0n) is 50.9. The lowest BCUT2D eigenvalue weighted by molar-refractivity contribution is 0.401. The number of unbranched alkanes of at least 4 members (excludes halogenated alkanes) is 3. The van der Waals surface area contributed by atoms with Crippen LogP contribution >= 0.6 is 0 Å². The summed E-state index contributed by atoms with van der Waals surface area (Å²) >= 11 is 0. The fourth-order valence-electron chi connectivity index (χ4n) is 9.56. The Morgan fingerprint density at radius 3 is 0.824 bits per heavy atom. The van der Waals surface area contributed by atoms with Crippen molar-refractivity contribution in [3.05, 3.63) is 51.6 Å². The first kappa shape index (κ1) is 63.6. The molecular weight excluding hydrogens is 829 g/mol. The average molecular weight is 948 g/mol. The molecule has 6 nitrogen and oxygen atoms in total. The predicted molar refractivity (Wildman–Crippen MR) is 303 cm³/mol. The first-order valence-corrected chi connectivity index (χ1v) is 28.6. The Labute approximate surface area is 424 Å². The number of H-pyrrole nitrogens is 3. The highest BCUT2D eigenvalue weighted by Gasteiger charge is 2.40. The maximum absolute atomic E-state index is 5.29. The third kappa shape index (κ3) is 15.1. The predicted octanol–water partition coefficient (Wildman–Crippen LogP) is 19.5. The molecule has 0 aliphatic rings. The summed E-state index contributed by atoms with van der Waals surface area (Å²) in [5.41, 5.74) is 9.26. The number of rotatable bonds is 24. The number of nitrogens with one attached hydrogen (secondary N) is 3. The van der Waals surface area contributed by atoms with Crippen LogP contribution in [0.3, 0.4) is 0 Å². The van der Waals surface area contributed by atoms with Crippen molar-refractivity contribution < 1.29 is 0 Å². The number of hydrogen-bond donors (Lipinski definition) is 3. The monoisotopic (exact) mass is 947 g/mol. The molecule has 3 aromatic rings. The van der Waals surface area contributed by atoms with Crippen molar-refractivity contribution in [1.82, 2.24) is 29.9 Å². The lowest BCUT2D eigenvalue weighted by atomic mass is 9.75. The van der Waals surface area contributed by atoms with Crippen LogP contribution < -0.4 is 0 Å². The highest BCUT2D eigenvalue weighted by Crippen LogP contribution is 2.43. The SMILES string of the molecule is CCC(C)(CC)c1nc(C(C)(C)C)c(C(C)(CC)CC)[nH]1.CCC(C)(CC)c1nc(C(C)(C)C)c(C(C)(CC)CC)[nH]1.CCCCCC(C)(C)c1nc(C(C)(CC)CC)[nH]c1C(C)(C)CCCC. The van der Waals surface area contributed by atoms with Crippen molar-refractivity contribution in [3.8, 4) is 0 Å². The molecule has 396 valence electrons. The van der Waals surface area contributed by atoms with Gasteiger partial charge in [-0.15, -0.1) is 0 Å². The maximum Gasteiger partial charge on any atom is 0.112 e. The van der Waals surface area contributed by atoms with Crippen LogP contribution in [0.5, 0.6) is 0 Å². The van der Waals surface area contributed by atoms with Crippen LogP contribution in [0.25, 0.3) is 0 Å². The van der Waals surface area contributed by atoms with E-state index < -0.39 is 0 Å². The second-order valence-corrected chi connectivity index (χ2v) is 26.1. The molecule has 0 spiro atoms. The second kappa shape index (κ2) is 25.3. The maximum atomic E-state index is 5.29. The van der Waals surface area contributed by atoms with E-state index in [1.165, 1.54) is 96.6 Å². The fourth-order valence-corrected chi connectivity index (χ4v) is 9.56. The van der Waals surface area contributed by atoms with Crippen molar-refractivity contribution in [2.24, 2.45) is 0 Å². The van der Waals surface area contributed by atoms with E-state index in [-0.39, 0.29) is 48.7 Å². The minimum atomic E-state index is 0.0814. The molecule has 0 aliphatic carbocycles. The summed E-state index contributed by atoms with van der Waals surface area (Å²) in [5, 5.41) is 0. The van der Waals surface area contributed by atoms with Gasteiger partial charge in [0.25, 0.3) is 0 Å². The van der Waals surface area contributed by atoms with E-state index in [0.29, 0.717) is 0 Å². The molecule has 0 fully saturated rings. The van der Waals surface area contributed by atoms with Gasteiger partial charge in [0.2, 0.25) is 0 Å². The molecule has 0 unspecified atom stereocenters. The normalized spacial score (nSPS) is 13.6. The van der Waals surface area contributed by atoms with Crippen LogP contribution in [0, 0.1) is 0 Å². The number of imidazole rings is 3. The summed E-state index contributed by atoms with van der Waals surface area (Å²) in [6.07, 6.45) is 20.2. The van der Waals surface area contributed by atoms with E-state index in [0.717, 1.165) is 64.2 Å². The molecule has 3 heterocycles. The van der Waals surface area contributed by atoms with E-state index >= 15 is 0 Å². The molecular formula is C62H118N6. The Kier molecular flexibility index (Phi) is 23.7. The summed E-state index contributed by atoms with van der Waals surface area (Å²) in [5.74, 6) is 3.57. The van der Waals surface area contributed by atoms with E-state index in [1.54, 1.807) is 0 Å². The van der Waals surface area contributed by atoms with Gasteiger partial charge in [0.1, 0.15) is 17.5 Å². The van der Waals surface area contributed by atoms with Crippen molar-refractivity contribution >= 4 is 0 Å². The van der Waals surface area contributed by atoms with Crippen LogP contribution in [0.1, 0.15) is 348 Å². The Balaban J connectivity index is 0.000000514. The van der Waals surface area contributed by atoms with E-state index in [4.69, 9.17) is 15.0 Å². The molecule has 0 atom stereocenters. The highest BCUT2D eigenvalue weighted by molar-refractivity contribution is 5.34. The molecule has 3 aromatic heterocycles. The third-order valence-corrected chi connectivity index (χ3v) is 18.1. The first-order valence-electron chi connectivity index (χ1n) is 28.6. The summed E-state index contributed by atoms with van der Waals surface area (Å²) in [7, 11) is 0. The minimum absolute atomic E-state index is 0.0814. The van der Waals surface area contributed by atoms with Gasteiger partial charge < -0.3 is 15.0 Å². The van der Waals surface area contributed by atoms with Crippen LogP contribution in [0.4, 0.5) is 0 Å². The molecule has 0 saturated heterocycles.